The van der Waals surface area contributed by atoms with Crippen molar-refractivity contribution in [3.8, 4) is 0 Å². The predicted molar refractivity (Wildman–Crippen MR) is 76.4 cm³/mol. The molecule has 0 saturated carbocycles. The standard InChI is InChI=1S/C15H13F2N3O2/c1-20-9-3-6-13(20)15(22)19-18-14(21)8-7-10-11(16)4-2-5-12(10)17/h2-9H,1H3,(H,18,21)(H,19,22)/b8-7+. The van der Waals surface area contributed by atoms with E-state index in [9.17, 15) is 18.4 Å². The van der Waals surface area contributed by atoms with E-state index in [0.29, 0.717) is 5.69 Å². The largest absolute Gasteiger partial charge is 0.347 e. The van der Waals surface area contributed by atoms with Gasteiger partial charge in [0.2, 0.25) is 0 Å². The van der Waals surface area contributed by atoms with E-state index < -0.39 is 23.4 Å². The van der Waals surface area contributed by atoms with E-state index in [-0.39, 0.29) is 5.56 Å². The van der Waals surface area contributed by atoms with Gasteiger partial charge in [-0.15, -0.1) is 0 Å². The molecule has 0 atom stereocenters. The summed E-state index contributed by atoms with van der Waals surface area (Å²) >= 11 is 0. The van der Waals surface area contributed by atoms with E-state index in [2.05, 4.69) is 10.9 Å². The summed E-state index contributed by atoms with van der Waals surface area (Å²) < 4.78 is 28.3. The van der Waals surface area contributed by atoms with Gasteiger partial charge in [-0.05, 0) is 30.3 Å². The number of nitrogens with zero attached hydrogens (tertiary/aromatic N) is 1. The van der Waals surface area contributed by atoms with Crippen LogP contribution in [0.5, 0.6) is 0 Å². The molecule has 22 heavy (non-hydrogen) atoms. The maximum Gasteiger partial charge on any atom is 0.286 e. The molecule has 0 unspecified atom stereocenters. The second-order valence-corrected chi connectivity index (χ2v) is 4.42. The average Bonchev–Trinajstić information content (AvgIpc) is 2.90. The molecule has 0 spiro atoms. The summed E-state index contributed by atoms with van der Waals surface area (Å²) in [6, 6.07) is 6.64. The molecule has 0 aliphatic rings. The predicted octanol–water partition coefficient (Wildman–Crippen LogP) is 1.78. The van der Waals surface area contributed by atoms with Crippen molar-refractivity contribution < 1.29 is 18.4 Å². The van der Waals surface area contributed by atoms with Crippen molar-refractivity contribution in [3.05, 3.63) is 65.5 Å². The van der Waals surface area contributed by atoms with E-state index >= 15 is 0 Å². The fourth-order valence-electron chi connectivity index (χ4n) is 1.75. The SMILES string of the molecule is Cn1cccc1C(=O)NNC(=O)/C=C/c1c(F)cccc1F. The number of hydrazine groups is 1. The summed E-state index contributed by atoms with van der Waals surface area (Å²) in [4.78, 5) is 23.3. The maximum absolute atomic E-state index is 13.3. The van der Waals surface area contributed by atoms with Gasteiger partial charge in [0.15, 0.2) is 0 Å². The molecule has 1 aromatic heterocycles. The number of aromatic nitrogens is 1. The molecule has 114 valence electrons. The van der Waals surface area contributed by atoms with E-state index in [0.717, 1.165) is 24.3 Å². The Morgan fingerprint density at radius 1 is 1.09 bits per heavy atom. The van der Waals surface area contributed by atoms with E-state index in [1.165, 1.54) is 6.07 Å². The minimum Gasteiger partial charge on any atom is -0.347 e. The Bertz CT molecular complexity index is 718. The molecule has 0 aliphatic carbocycles. The van der Waals surface area contributed by atoms with Crippen LogP contribution in [-0.2, 0) is 11.8 Å². The van der Waals surface area contributed by atoms with Crippen LogP contribution in [0.25, 0.3) is 6.08 Å². The van der Waals surface area contributed by atoms with Gasteiger partial charge in [0.1, 0.15) is 17.3 Å². The number of hydrogen-bond acceptors (Lipinski definition) is 2. The van der Waals surface area contributed by atoms with Crippen molar-refractivity contribution in [2.45, 2.75) is 0 Å². The first-order valence-corrected chi connectivity index (χ1v) is 6.33. The van der Waals surface area contributed by atoms with Crippen molar-refractivity contribution in [1.29, 1.82) is 0 Å². The zero-order valence-electron chi connectivity index (χ0n) is 11.6. The highest BCUT2D eigenvalue weighted by Gasteiger charge is 2.09. The summed E-state index contributed by atoms with van der Waals surface area (Å²) in [6.07, 6.45) is 3.60. The van der Waals surface area contributed by atoms with Gasteiger partial charge in [-0.25, -0.2) is 8.78 Å². The van der Waals surface area contributed by atoms with Gasteiger partial charge in [0.25, 0.3) is 11.8 Å². The zero-order chi connectivity index (χ0) is 16.1. The Morgan fingerprint density at radius 2 is 1.77 bits per heavy atom. The monoisotopic (exact) mass is 305 g/mol. The van der Waals surface area contributed by atoms with Crippen LogP contribution in [0.2, 0.25) is 0 Å². The van der Waals surface area contributed by atoms with Gasteiger partial charge >= 0.3 is 0 Å². The average molecular weight is 305 g/mol. The molecule has 1 heterocycles. The number of benzene rings is 1. The number of nitrogens with one attached hydrogen (secondary N) is 2. The lowest BCUT2D eigenvalue weighted by Gasteiger charge is -2.06. The van der Waals surface area contributed by atoms with Gasteiger partial charge in [-0.2, -0.15) is 0 Å². The maximum atomic E-state index is 13.3. The Kier molecular flexibility index (Phi) is 4.67. The molecule has 2 rings (SSSR count). The van der Waals surface area contributed by atoms with Crippen LogP contribution < -0.4 is 10.9 Å². The van der Waals surface area contributed by atoms with Crippen LogP contribution in [-0.4, -0.2) is 16.4 Å². The summed E-state index contributed by atoms with van der Waals surface area (Å²) in [6.45, 7) is 0. The van der Waals surface area contributed by atoms with Crippen LogP contribution in [0, 0.1) is 11.6 Å². The van der Waals surface area contributed by atoms with Crippen LogP contribution in [0.4, 0.5) is 8.78 Å². The number of rotatable bonds is 3. The molecule has 2 N–H and O–H groups in total. The fraction of sp³-hybridized carbons (Fsp3) is 0.0667. The molecule has 2 aromatic rings. The molecule has 7 heteroatoms. The number of hydrogen-bond donors (Lipinski definition) is 2. The zero-order valence-corrected chi connectivity index (χ0v) is 11.6. The van der Waals surface area contributed by atoms with E-state index in [4.69, 9.17) is 0 Å². The molecule has 5 nitrogen and oxygen atoms in total. The summed E-state index contributed by atoms with van der Waals surface area (Å²) in [5.41, 5.74) is 4.34. The van der Waals surface area contributed by atoms with Crippen LogP contribution in [0.3, 0.4) is 0 Å². The first-order chi connectivity index (χ1) is 10.5. The van der Waals surface area contributed by atoms with Crippen molar-refractivity contribution in [2.24, 2.45) is 7.05 Å². The summed E-state index contributed by atoms with van der Waals surface area (Å²) in [7, 11) is 1.68. The Labute approximate surface area is 125 Å². The first-order valence-electron chi connectivity index (χ1n) is 6.33. The molecule has 0 radical (unpaired) electrons. The van der Waals surface area contributed by atoms with E-state index in [1.807, 2.05) is 0 Å². The van der Waals surface area contributed by atoms with Gasteiger partial charge in [0, 0.05) is 24.9 Å². The minimum atomic E-state index is -0.781. The normalized spacial score (nSPS) is 10.7. The Morgan fingerprint density at radius 3 is 2.36 bits per heavy atom. The number of carbonyl (C=O) groups excluding carboxylic acids is 2. The summed E-state index contributed by atoms with van der Waals surface area (Å²) in [5.74, 6) is -2.79. The third-order valence-corrected chi connectivity index (χ3v) is 2.88. The Balaban J connectivity index is 1.95. The molecule has 0 fully saturated rings. The molecule has 0 bridgehead atoms. The summed E-state index contributed by atoms with van der Waals surface area (Å²) in [5, 5.41) is 0. The number of halogens is 2. The number of aryl methyl sites for hydroxylation is 1. The van der Waals surface area contributed by atoms with Gasteiger partial charge in [0.05, 0.1) is 0 Å². The fourth-order valence-corrected chi connectivity index (χ4v) is 1.75. The highest BCUT2D eigenvalue weighted by molar-refractivity contribution is 5.97. The Hall–Kier alpha value is -2.96. The second-order valence-electron chi connectivity index (χ2n) is 4.42. The lowest BCUT2D eigenvalue weighted by atomic mass is 10.2. The van der Waals surface area contributed by atoms with Gasteiger partial charge in [-0.1, -0.05) is 6.07 Å². The minimum absolute atomic E-state index is 0.327. The molecule has 0 aliphatic heterocycles. The quantitative estimate of drug-likeness (QED) is 0.670. The lowest BCUT2D eigenvalue weighted by molar-refractivity contribution is -0.117. The molecular formula is C15H13F2N3O2. The van der Waals surface area contributed by atoms with Gasteiger partial charge < -0.3 is 4.57 Å². The second kappa shape index (κ2) is 6.66. The van der Waals surface area contributed by atoms with Crippen LogP contribution in [0.15, 0.2) is 42.6 Å². The van der Waals surface area contributed by atoms with Crippen molar-refractivity contribution in [2.75, 3.05) is 0 Å². The van der Waals surface area contributed by atoms with E-state index in [1.54, 1.807) is 29.9 Å². The highest BCUT2D eigenvalue weighted by atomic mass is 19.1. The molecule has 1 aromatic carbocycles. The van der Waals surface area contributed by atoms with Crippen molar-refractivity contribution >= 4 is 17.9 Å². The lowest BCUT2D eigenvalue weighted by Crippen LogP contribution is -2.41. The van der Waals surface area contributed by atoms with Crippen molar-refractivity contribution in [3.63, 3.8) is 0 Å². The van der Waals surface area contributed by atoms with Gasteiger partial charge in [-0.3, -0.25) is 20.4 Å². The number of carbonyl (C=O) groups is 2. The topological polar surface area (TPSA) is 63.1 Å². The van der Waals surface area contributed by atoms with Crippen LogP contribution in [0.1, 0.15) is 16.1 Å². The van der Waals surface area contributed by atoms with Crippen LogP contribution >= 0.6 is 0 Å². The number of amides is 2. The molecule has 0 saturated heterocycles. The first kappa shape index (κ1) is 15.4. The van der Waals surface area contributed by atoms with Crippen molar-refractivity contribution in [1.82, 2.24) is 15.4 Å². The molecule has 2 amide bonds. The third kappa shape index (κ3) is 3.57. The third-order valence-electron chi connectivity index (χ3n) is 2.88. The molecular weight excluding hydrogens is 292 g/mol. The highest BCUT2D eigenvalue weighted by Crippen LogP contribution is 2.13. The smallest absolute Gasteiger partial charge is 0.286 e.